The largest absolute Gasteiger partial charge is 0.481 e. The molecule has 2 N–H and O–H groups in total. The second-order valence-corrected chi connectivity index (χ2v) is 6.25. The molecule has 1 atom stereocenters. The number of hydrogen-bond donors (Lipinski definition) is 2. The number of hydrogen-bond acceptors (Lipinski definition) is 3. The summed E-state index contributed by atoms with van der Waals surface area (Å²) in [4.78, 5) is 25.6. The molecule has 6 heteroatoms. The quantitative estimate of drug-likeness (QED) is 0.776. The first kappa shape index (κ1) is 16.1. The van der Waals surface area contributed by atoms with Crippen LogP contribution >= 0.6 is 0 Å². The Labute approximate surface area is 125 Å². The molecule has 0 bridgehead atoms. The van der Waals surface area contributed by atoms with Crippen molar-refractivity contribution in [3.63, 3.8) is 0 Å². The number of rotatable bonds is 4. The molecule has 1 aliphatic carbocycles. The number of nitrogens with zero attached hydrogens (tertiary/aromatic N) is 1. The van der Waals surface area contributed by atoms with E-state index in [1.165, 1.54) is 0 Å². The highest BCUT2D eigenvalue weighted by atomic mass is 16.5. The van der Waals surface area contributed by atoms with Gasteiger partial charge >= 0.3 is 12.0 Å². The maximum Gasteiger partial charge on any atom is 0.317 e. The van der Waals surface area contributed by atoms with Crippen LogP contribution in [0.3, 0.4) is 0 Å². The van der Waals surface area contributed by atoms with E-state index in [-0.39, 0.29) is 18.7 Å². The van der Waals surface area contributed by atoms with Crippen molar-refractivity contribution in [1.82, 2.24) is 10.2 Å². The van der Waals surface area contributed by atoms with E-state index in [2.05, 4.69) is 5.32 Å². The SMILES string of the molecule is COC1CCN(C(=O)NCC2(C(=O)O)CCCCCC2)C1. The molecule has 120 valence electrons. The van der Waals surface area contributed by atoms with Gasteiger partial charge in [-0.3, -0.25) is 4.79 Å². The summed E-state index contributed by atoms with van der Waals surface area (Å²) >= 11 is 0. The Hall–Kier alpha value is -1.30. The van der Waals surface area contributed by atoms with Crippen molar-refractivity contribution >= 4 is 12.0 Å². The molecule has 1 heterocycles. The molecule has 0 radical (unpaired) electrons. The van der Waals surface area contributed by atoms with Crippen molar-refractivity contribution in [1.29, 1.82) is 0 Å². The summed E-state index contributed by atoms with van der Waals surface area (Å²) in [5.41, 5.74) is -0.785. The molecule has 1 saturated heterocycles. The predicted octanol–water partition coefficient (Wildman–Crippen LogP) is 1.84. The van der Waals surface area contributed by atoms with Crippen molar-refractivity contribution in [2.24, 2.45) is 5.41 Å². The first-order valence-electron chi connectivity index (χ1n) is 7.86. The van der Waals surface area contributed by atoms with E-state index in [1.807, 2.05) is 0 Å². The molecule has 6 nitrogen and oxygen atoms in total. The zero-order valence-corrected chi connectivity index (χ0v) is 12.8. The number of carboxylic acids is 1. The molecule has 1 aliphatic heterocycles. The topological polar surface area (TPSA) is 78.9 Å². The summed E-state index contributed by atoms with van der Waals surface area (Å²) in [5.74, 6) is -0.777. The Morgan fingerprint density at radius 3 is 2.48 bits per heavy atom. The Kier molecular flexibility index (Phi) is 5.45. The summed E-state index contributed by atoms with van der Waals surface area (Å²) in [7, 11) is 1.65. The lowest BCUT2D eigenvalue weighted by Gasteiger charge is -2.29. The Morgan fingerprint density at radius 1 is 1.29 bits per heavy atom. The maximum atomic E-state index is 12.2. The van der Waals surface area contributed by atoms with Gasteiger partial charge in [-0.05, 0) is 19.3 Å². The zero-order valence-electron chi connectivity index (χ0n) is 12.8. The predicted molar refractivity (Wildman–Crippen MR) is 78.2 cm³/mol. The van der Waals surface area contributed by atoms with E-state index >= 15 is 0 Å². The van der Waals surface area contributed by atoms with E-state index in [1.54, 1.807) is 12.0 Å². The standard InChI is InChI=1S/C15H26N2O4/c1-21-12-6-9-17(10-12)14(20)16-11-15(13(18)19)7-4-2-3-5-8-15/h12H,2-11H2,1H3,(H,16,20)(H,18,19). The first-order valence-corrected chi connectivity index (χ1v) is 7.86. The van der Waals surface area contributed by atoms with Crippen molar-refractivity contribution in [3.8, 4) is 0 Å². The van der Waals surface area contributed by atoms with Crippen molar-refractivity contribution in [2.75, 3.05) is 26.7 Å². The molecule has 21 heavy (non-hydrogen) atoms. The monoisotopic (exact) mass is 298 g/mol. The van der Waals surface area contributed by atoms with E-state index in [0.717, 1.165) is 32.1 Å². The lowest BCUT2D eigenvalue weighted by atomic mass is 9.80. The van der Waals surface area contributed by atoms with Crippen LogP contribution in [0.2, 0.25) is 0 Å². The minimum Gasteiger partial charge on any atom is -0.481 e. The molecule has 0 aromatic carbocycles. The van der Waals surface area contributed by atoms with E-state index in [4.69, 9.17) is 4.74 Å². The highest BCUT2D eigenvalue weighted by molar-refractivity contribution is 5.78. The van der Waals surface area contributed by atoms with Crippen LogP contribution in [0.1, 0.15) is 44.9 Å². The lowest BCUT2D eigenvalue weighted by Crippen LogP contribution is -2.47. The molecule has 2 fully saturated rings. The van der Waals surface area contributed by atoms with Gasteiger partial charge in [0.1, 0.15) is 0 Å². The molecule has 2 amide bonds. The van der Waals surface area contributed by atoms with Gasteiger partial charge in [-0.15, -0.1) is 0 Å². The zero-order chi connectivity index (χ0) is 15.3. The number of urea groups is 1. The number of carboxylic acid groups (broad SMARTS) is 1. The number of aliphatic carboxylic acids is 1. The van der Waals surface area contributed by atoms with Crippen LogP contribution in [0.4, 0.5) is 4.79 Å². The van der Waals surface area contributed by atoms with Gasteiger partial charge in [0, 0.05) is 26.7 Å². The number of methoxy groups -OCH3 is 1. The van der Waals surface area contributed by atoms with Crippen LogP contribution in [-0.4, -0.2) is 54.9 Å². The number of likely N-dealkylation sites (tertiary alicyclic amines) is 1. The van der Waals surface area contributed by atoms with Crippen LogP contribution in [0.5, 0.6) is 0 Å². The molecule has 2 rings (SSSR count). The van der Waals surface area contributed by atoms with Crippen LogP contribution in [0, 0.1) is 5.41 Å². The third-order valence-corrected chi connectivity index (χ3v) is 4.86. The molecule has 1 saturated carbocycles. The van der Waals surface area contributed by atoms with Crippen LogP contribution in [0.15, 0.2) is 0 Å². The Balaban J connectivity index is 1.89. The van der Waals surface area contributed by atoms with Gasteiger partial charge < -0.3 is 20.1 Å². The third-order valence-electron chi connectivity index (χ3n) is 4.86. The van der Waals surface area contributed by atoms with Crippen molar-refractivity contribution in [3.05, 3.63) is 0 Å². The molecule has 1 unspecified atom stereocenters. The fourth-order valence-corrected chi connectivity index (χ4v) is 3.33. The van der Waals surface area contributed by atoms with Gasteiger partial charge in [0.2, 0.25) is 0 Å². The molecular formula is C15H26N2O4. The number of amides is 2. The number of nitrogens with one attached hydrogen (secondary N) is 1. The van der Waals surface area contributed by atoms with Gasteiger partial charge in [0.05, 0.1) is 11.5 Å². The normalized spacial score (nSPS) is 25.4. The second-order valence-electron chi connectivity index (χ2n) is 6.25. The molecule has 0 spiro atoms. The third kappa shape index (κ3) is 3.87. The molecule has 0 aromatic heterocycles. The van der Waals surface area contributed by atoms with Crippen LogP contribution in [0.25, 0.3) is 0 Å². The van der Waals surface area contributed by atoms with Crippen molar-refractivity contribution < 1.29 is 19.4 Å². The molecule has 0 aromatic rings. The van der Waals surface area contributed by atoms with Gasteiger partial charge in [-0.1, -0.05) is 25.7 Å². The highest BCUT2D eigenvalue weighted by Crippen LogP contribution is 2.34. The van der Waals surface area contributed by atoms with Crippen LogP contribution < -0.4 is 5.32 Å². The fourth-order valence-electron chi connectivity index (χ4n) is 3.33. The maximum absolute atomic E-state index is 12.2. The highest BCUT2D eigenvalue weighted by Gasteiger charge is 2.39. The summed E-state index contributed by atoms with van der Waals surface area (Å²) in [6.07, 6.45) is 6.28. The minimum absolute atomic E-state index is 0.0991. The van der Waals surface area contributed by atoms with E-state index in [0.29, 0.717) is 25.9 Å². The van der Waals surface area contributed by atoms with Gasteiger partial charge in [-0.25, -0.2) is 4.79 Å². The first-order chi connectivity index (χ1) is 10.1. The summed E-state index contributed by atoms with van der Waals surface area (Å²) in [6.45, 7) is 1.49. The van der Waals surface area contributed by atoms with Crippen molar-refractivity contribution in [2.45, 2.75) is 51.0 Å². The number of ether oxygens (including phenoxy) is 1. The van der Waals surface area contributed by atoms with Gasteiger partial charge in [0.15, 0.2) is 0 Å². The van der Waals surface area contributed by atoms with Crippen LogP contribution in [-0.2, 0) is 9.53 Å². The number of carbonyl (C=O) groups excluding carboxylic acids is 1. The Morgan fingerprint density at radius 2 is 1.95 bits per heavy atom. The van der Waals surface area contributed by atoms with E-state index < -0.39 is 11.4 Å². The summed E-state index contributed by atoms with van der Waals surface area (Å²) < 4.78 is 5.24. The Bertz CT molecular complexity index is 378. The van der Waals surface area contributed by atoms with E-state index in [9.17, 15) is 14.7 Å². The number of carbonyl (C=O) groups is 2. The molecular weight excluding hydrogens is 272 g/mol. The smallest absolute Gasteiger partial charge is 0.317 e. The second kappa shape index (κ2) is 7.11. The van der Waals surface area contributed by atoms with Gasteiger partial charge in [-0.2, -0.15) is 0 Å². The molecule has 2 aliphatic rings. The minimum atomic E-state index is -0.785. The summed E-state index contributed by atoms with van der Waals surface area (Å²) in [6, 6.07) is -0.167. The average Bonchev–Trinajstić information content (AvgIpc) is 2.83. The fraction of sp³-hybridized carbons (Fsp3) is 0.867. The lowest BCUT2D eigenvalue weighted by molar-refractivity contribution is -0.149. The van der Waals surface area contributed by atoms with Gasteiger partial charge in [0.25, 0.3) is 0 Å². The average molecular weight is 298 g/mol. The summed E-state index contributed by atoms with van der Waals surface area (Å²) in [5, 5.41) is 12.4.